The van der Waals surface area contributed by atoms with Gasteiger partial charge in [0.1, 0.15) is 11.3 Å². The average Bonchev–Trinajstić information content (AvgIpc) is 3.24. The van der Waals surface area contributed by atoms with Crippen LogP contribution >= 0.6 is 0 Å². The van der Waals surface area contributed by atoms with Gasteiger partial charge in [-0.25, -0.2) is 4.98 Å². The van der Waals surface area contributed by atoms with Crippen LogP contribution in [0, 0.1) is 0 Å². The van der Waals surface area contributed by atoms with Gasteiger partial charge in [-0.3, -0.25) is 15.1 Å². The second-order valence-corrected chi connectivity index (χ2v) is 5.82. The SMILES string of the molecule is Nc1cncc(-c2cc3c(-c4cc5cccnc5[nH]4)n[nH]c3cn2)c1. The monoisotopic (exact) mass is 327 g/mol. The third-order valence-corrected chi connectivity index (χ3v) is 4.15. The largest absolute Gasteiger partial charge is 0.397 e. The standard InChI is InChI=1S/C18H13N7/c19-12-4-11(7-20-8-12)14-6-13-16(9-22-14)24-25-17(13)15-5-10-2-1-3-21-18(10)23-15/h1-9H,19H2,(H,21,23)(H,24,25). The van der Waals surface area contributed by atoms with Crippen LogP contribution in [0.3, 0.4) is 0 Å². The molecule has 0 saturated carbocycles. The molecule has 25 heavy (non-hydrogen) atoms. The van der Waals surface area contributed by atoms with Crippen molar-refractivity contribution in [2.24, 2.45) is 0 Å². The van der Waals surface area contributed by atoms with E-state index in [0.29, 0.717) is 5.69 Å². The zero-order chi connectivity index (χ0) is 16.8. The number of nitrogens with zero attached hydrogens (tertiary/aromatic N) is 4. The van der Waals surface area contributed by atoms with Crippen LogP contribution in [-0.2, 0) is 0 Å². The lowest BCUT2D eigenvalue weighted by Crippen LogP contribution is -1.89. The first-order valence-electron chi connectivity index (χ1n) is 7.77. The number of anilines is 1. The predicted molar refractivity (Wildman–Crippen MR) is 96.6 cm³/mol. The van der Waals surface area contributed by atoms with Crippen LogP contribution in [0.25, 0.3) is 44.6 Å². The third kappa shape index (κ3) is 2.21. The molecule has 0 bridgehead atoms. The number of aromatic nitrogens is 6. The highest BCUT2D eigenvalue weighted by Gasteiger charge is 2.13. The fourth-order valence-corrected chi connectivity index (χ4v) is 2.96. The van der Waals surface area contributed by atoms with E-state index < -0.39 is 0 Å². The van der Waals surface area contributed by atoms with E-state index in [-0.39, 0.29) is 0 Å². The summed E-state index contributed by atoms with van der Waals surface area (Å²) in [5.74, 6) is 0. The van der Waals surface area contributed by atoms with E-state index in [4.69, 9.17) is 5.73 Å². The fraction of sp³-hybridized carbons (Fsp3) is 0. The lowest BCUT2D eigenvalue weighted by Gasteiger charge is -2.02. The Bertz CT molecular complexity index is 1190. The van der Waals surface area contributed by atoms with Gasteiger partial charge in [0.05, 0.1) is 28.8 Å². The second-order valence-electron chi connectivity index (χ2n) is 5.82. The molecule has 5 aromatic rings. The van der Waals surface area contributed by atoms with Gasteiger partial charge < -0.3 is 10.7 Å². The Morgan fingerprint density at radius 1 is 1.00 bits per heavy atom. The van der Waals surface area contributed by atoms with E-state index in [2.05, 4.69) is 30.1 Å². The van der Waals surface area contributed by atoms with Gasteiger partial charge in [0.2, 0.25) is 0 Å². The molecule has 7 nitrogen and oxygen atoms in total. The van der Waals surface area contributed by atoms with E-state index in [1.807, 2.05) is 30.3 Å². The lowest BCUT2D eigenvalue weighted by atomic mass is 10.1. The number of nitrogens with two attached hydrogens (primary N) is 1. The topological polar surface area (TPSA) is 109 Å². The molecule has 4 N–H and O–H groups in total. The second kappa shape index (κ2) is 5.13. The summed E-state index contributed by atoms with van der Waals surface area (Å²) >= 11 is 0. The third-order valence-electron chi connectivity index (χ3n) is 4.15. The molecule has 0 amide bonds. The number of rotatable bonds is 2. The summed E-state index contributed by atoms with van der Waals surface area (Å²) in [5.41, 5.74) is 11.5. The maximum Gasteiger partial charge on any atom is 0.137 e. The van der Waals surface area contributed by atoms with Crippen molar-refractivity contribution >= 4 is 27.6 Å². The quantitative estimate of drug-likeness (QED) is 0.461. The highest BCUT2D eigenvalue weighted by Crippen LogP contribution is 2.30. The van der Waals surface area contributed by atoms with Gasteiger partial charge in [0.15, 0.2) is 0 Å². The summed E-state index contributed by atoms with van der Waals surface area (Å²) in [6.45, 7) is 0. The number of nitrogens with one attached hydrogen (secondary N) is 2. The smallest absolute Gasteiger partial charge is 0.137 e. The van der Waals surface area contributed by atoms with Gasteiger partial charge in [-0.1, -0.05) is 0 Å². The molecule has 5 heterocycles. The van der Waals surface area contributed by atoms with E-state index >= 15 is 0 Å². The Kier molecular flexibility index (Phi) is 2.81. The minimum atomic E-state index is 0.605. The van der Waals surface area contributed by atoms with Gasteiger partial charge in [-0.2, -0.15) is 5.10 Å². The van der Waals surface area contributed by atoms with E-state index in [0.717, 1.165) is 44.6 Å². The molecule has 0 atom stereocenters. The van der Waals surface area contributed by atoms with Crippen molar-refractivity contribution in [3.63, 3.8) is 0 Å². The summed E-state index contributed by atoms with van der Waals surface area (Å²) in [4.78, 5) is 16.3. The van der Waals surface area contributed by atoms with Crippen molar-refractivity contribution < 1.29 is 0 Å². The number of hydrogen-bond acceptors (Lipinski definition) is 5. The highest BCUT2D eigenvalue weighted by atomic mass is 15.1. The van der Waals surface area contributed by atoms with Crippen molar-refractivity contribution in [1.82, 2.24) is 30.1 Å². The summed E-state index contributed by atoms with van der Waals surface area (Å²) in [6, 6.07) is 9.82. The Morgan fingerprint density at radius 2 is 1.96 bits per heavy atom. The predicted octanol–water partition coefficient (Wildman–Crippen LogP) is 3.15. The molecule has 0 radical (unpaired) electrons. The van der Waals surface area contributed by atoms with E-state index in [1.54, 1.807) is 24.8 Å². The van der Waals surface area contributed by atoms with Crippen LogP contribution in [0.5, 0.6) is 0 Å². The van der Waals surface area contributed by atoms with Crippen LogP contribution in [0.2, 0.25) is 0 Å². The molecule has 0 aromatic carbocycles. The van der Waals surface area contributed by atoms with Crippen molar-refractivity contribution in [3.05, 3.63) is 55.1 Å². The normalized spacial score (nSPS) is 11.4. The van der Waals surface area contributed by atoms with Crippen LogP contribution in [0.1, 0.15) is 0 Å². The van der Waals surface area contributed by atoms with Gasteiger partial charge in [0, 0.05) is 34.9 Å². The molecule has 5 rings (SSSR count). The first-order chi connectivity index (χ1) is 12.3. The van der Waals surface area contributed by atoms with Gasteiger partial charge in [-0.15, -0.1) is 0 Å². The van der Waals surface area contributed by atoms with Crippen molar-refractivity contribution in [2.75, 3.05) is 5.73 Å². The Labute approximate surface area is 142 Å². The number of nitrogen functional groups attached to an aromatic ring is 1. The van der Waals surface area contributed by atoms with Gasteiger partial charge in [-0.05, 0) is 30.3 Å². The van der Waals surface area contributed by atoms with Crippen LogP contribution in [0.15, 0.2) is 55.1 Å². The summed E-state index contributed by atoms with van der Waals surface area (Å²) in [7, 11) is 0. The van der Waals surface area contributed by atoms with Gasteiger partial charge >= 0.3 is 0 Å². The number of H-pyrrole nitrogens is 2. The summed E-state index contributed by atoms with van der Waals surface area (Å²) in [5, 5.41) is 9.49. The molecule has 0 fully saturated rings. The Balaban J connectivity index is 1.70. The van der Waals surface area contributed by atoms with E-state index in [1.165, 1.54) is 0 Å². The average molecular weight is 327 g/mol. The number of pyridine rings is 3. The van der Waals surface area contributed by atoms with E-state index in [9.17, 15) is 0 Å². The number of hydrogen-bond donors (Lipinski definition) is 3. The van der Waals surface area contributed by atoms with Crippen LogP contribution < -0.4 is 5.73 Å². The molecular formula is C18H13N7. The molecule has 5 aromatic heterocycles. The molecule has 7 heteroatoms. The fourth-order valence-electron chi connectivity index (χ4n) is 2.96. The highest BCUT2D eigenvalue weighted by molar-refractivity contribution is 5.96. The Morgan fingerprint density at radius 3 is 2.84 bits per heavy atom. The number of fused-ring (bicyclic) bond motifs is 2. The minimum absolute atomic E-state index is 0.605. The van der Waals surface area contributed by atoms with Crippen molar-refractivity contribution in [1.29, 1.82) is 0 Å². The number of aromatic amines is 2. The molecule has 0 unspecified atom stereocenters. The zero-order valence-electron chi connectivity index (χ0n) is 13.1. The molecule has 120 valence electrons. The zero-order valence-corrected chi connectivity index (χ0v) is 13.1. The first-order valence-corrected chi connectivity index (χ1v) is 7.77. The molecule has 0 spiro atoms. The van der Waals surface area contributed by atoms with Crippen LogP contribution in [0.4, 0.5) is 5.69 Å². The summed E-state index contributed by atoms with van der Waals surface area (Å²) < 4.78 is 0. The van der Waals surface area contributed by atoms with Crippen molar-refractivity contribution in [3.8, 4) is 22.6 Å². The Hall–Kier alpha value is -3.74. The molecule has 0 aliphatic heterocycles. The molecule has 0 aliphatic carbocycles. The maximum absolute atomic E-state index is 5.83. The lowest BCUT2D eigenvalue weighted by molar-refractivity contribution is 1.11. The van der Waals surface area contributed by atoms with Gasteiger partial charge in [0.25, 0.3) is 0 Å². The van der Waals surface area contributed by atoms with Crippen LogP contribution in [-0.4, -0.2) is 30.1 Å². The molecule has 0 aliphatic rings. The minimum Gasteiger partial charge on any atom is -0.397 e. The maximum atomic E-state index is 5.83. The molecular weight excluding hydrogens is 314 g/mol. The van der Waals surface area contributed by atoms with Crippen molar-refractivity contribution in [2.45, 2.75) is 0 Å². The summed E-state index contributed by atoms with van der Waals surface area (Å²) in [6.07, 6.45) is 6.89. The first kappa shape index (κ1) is 13.7. The molecule has 0 saturated heterocycles.